The van der Waals surface area contributed by atoms with Gasteiger partial charge in [0.1, 0.15) is 17.3 Å². The first-order chi connectivity index (χ1) is 16.5. The van der Waals surface area contributed by atoms with Crippen LogP contribution in [-0.2, 0) is 6.54 Å². The first-order valence-electron chi connectivity index (χ1n) is 10.3. The van der Waals surface area contributed by atoms with Gasteiger partial charge in [-0.2, -0.15) is 0 Å². The van der Waals surface area contributed by atoms with Gasteiger partial charge in [-0.3, -0.25) is 9.36 Å². The molecule has 0 saturated carbocycles. The fourth-order valence-corrected chi connectivity index (χ4v) is 3.67. The summed E-state index contributed by atoms with van der Waals surface area (Å²) in [6, 6.07) is 20.3. The van der Waals surface area contributed by atoms with E-state index >= 15 is 0 Å². The van der Waals surface area contributed by atoms with Gasteiger partial charge in [0.05, 0.1) is 26.5 Å². The van der Waals surface area contributed by atoms with Gasteiger partial charge in [0.15, 0.2) is 10.8 Å². The van der Waals surface area contributed by atoms with Crippen molar-refractivity contribution in [3.8, 4) is 34.6 Å². The van der Waals surface area contributed by atoms with Crippen LogP contribution < -0.4 is 15.0 Å². The molecular weight excluding hydrogens is 455 g/mol. The average molecular weight is 475 g/mol. The summed E-state index contributed by atoms with van der Waals surface area (Å²) in [5, 5.41) is 0.140. The van der Waals surface area contributed by atoms with Gasteiger partial charge >= 0.3 is 0 Å². The van der Waals surface area contributed by atoms with E-state index < -0.39 is 0 Å². The van der Waals surface area contributed by atoms with Crippen LogP contribution in [0.25, 0.3) is 11.3 Å². The Hall–Kier alpha value is -4.08. The van der Waals surface area contributed by atoms with Crippen molar-refractivity contribution >= 4 is 11.6 Å². The van der Waals surface area contributed by atoms with Gasteiger partial charge in [0, 0.05) is 11.1 Å². The zero-order chi connectivity index (χ0) is 24.1. The SMILES string of the molecule is COc1ccc(Cn2c(-c3ccc(OC)cc3)c(Cl)nc(C#Cc3ccc(F)cc3)c2=O)cc1. The lowest BCUT2D eigenvalue weighted by molar-refractivity contribution is 0.414. The third kappa shape index (κ3) is 5.11. The van der Waals surface area contributed by atoms with E-state index in [-0.39, 0.29) is 28.8 Å². The summed E-state index contributed by atoms with van der Waals surface area (Å²) in [7, 11) is 3.17. The third-order valence-electron chi connectivity index (χ3n) is 5.16. The molecule has 0 spiro atoms. The highest BCUT2D eigenvalue weighted by Crippen LogP contribution is 2.28. The molecule has 0 amide bonds. The van der Waals surface area contributed by atoms with E-state index in [2.05, 4.69) is 16.8 Å². The molecule has 1 heterocycles. The monoisotopic (exact) mass is 474 g/mol. The number of nitrogens with zero attached hydrogens (tertiary/aromatic N) is 2. The molecule has 3 aromatic carbocycles. The molecule has 4 aromatic rings. The second-order valence-corrected chi connectivity index (χ2v) is 7.68. The molecule has 7 heteroatoms. The predicted octanol–water partition coefficient (Wildman–Crippen LogP) is 5.17. The summed E-state index contributed by atoms with van der Waals surface area (Å²) in [6.45, 7) is 0.248. The quantitative estimate of drug-likeness (QED) is 0.374. The Kier molecular flexibility index (Phi) is 6.95. The number of hydrogen-bond acceptors (Lipinski definition) is 4. The van der Waals surface area contributed by atoms with Gasteiger partial charge in [-0.25, -0.2) is 9.37 Å². The second-order valence-electron chi connectivity index (χ2n) is 7.32. The highest BCUT2D eigenvalue weighted by atomic mass is 35.5. The molecule has 0 aliphatic carbocycles. The highest BCUT2D eigenvalue weighted by Gasteiger charge is 2.17. The van der Waals surface area contributed by atoms with Crippen molar-refractivity contribution in [1.29, 1.82) is 0 Å². The van der Waals surface area contributed by atoms with Gasteiger partial charge in [-0.15, -0.1) is 0 Å². The molecule has 0 saturated heterocycles. The molecule has 5 nitrogen and oxygen atoms in total. The first-order valence-corrected chi connectivity index (χ1v) is 10.7. The van der Waals surface area contributed by atoms with E-state index in [1.807, 2.05) is 36.4 Å². The Morgan fingerprint density at radius 1 is 0.882 bits per heavy atom. The molecule has 0 bridgehead atoms. The molecule has 0 N–H and O–H groups in total. The van der Waals surface area contributed by atoms with Crippen LogP contribution in [0, 0.1) is 17.7 Å². The van der Waals surface area contributed by atoms with Crippen LogP contribution >= 0.6 is 11.6 Å². The maximum Gasteiger partial charge on any atom is 0.286 e. The smallest absolute Gasteiger partial charge is 0.286 e. The molecular formula is C27H20ClFN2O3. The normalized spacial score (nSPS) is 10.4. The van der Waals surface area contributed by atoms with Crippen molar-refractivity contribution in [2.24, 2.45) is 0 Å². The molecule has 0 aliphatic heterocycles. The zero-order valence-corrected chi connectivity index (χ0v) is 19.3. The summed E-state index contributed by atoms with van der Waals surface area (Å²) in [6.07, 6.45) is 0. The summed E-state index contributed by atoms with van der Waals surface area (Å²) in [5.74, 6) is 6.67. The van der Waals surface area contributed by atoms with E-state index in [0.29, 0.717) is 28.3 Å². The fourth-order valence-electron chi connectivity index (χ4n) is 3.37. The van der Waals surface area contributed by atoms with Gasteiger partial charge < -0.3 is 9.47 Å². The second kappa shape index (κ2) is 10.2. The predicted molar refractivity (Wildman–Crippen MR) is 130 cm³/mol. The zero-order valence-electron chi connectivity index (χ0n) is 18.5. The maximum atomic E-state index is 13.5. The van der Waals surface area contributed by atoms with Crippen molar-refractivity contribution < 1.29 is 13.9 Å². The average Bonchev–Trinajstić information content (AvgIpc) is 2.87. The van der Waals surface area contributed by atoms with Crippen LogP contribution in [0.3, 0.4) is 0 Å². The van der Waals surface area contributed by atoms with E-state index in [1.54, 1.807) is 30.9 Å². The Bertz CT molecular complexity index is 1420. The van der Waals surface area contributed by atoms with E-state index in [4.69, 9.17) is 21.1 Å². The van der Waals surface area contributed by atoms with Crippen LogP contribution in [0.1, 0.15) is 16.8 Å². The topological polar surface area (TPSA) is 53.4 Å². The van der Waals surface area contributed by atoms with E-state index in [0.717, 1.165) is 5.56 Å². The van der Waals surface area contributed by atoms with Crippen molar-refractivity contribution in [3.63, 3.8) is 0 Å². The Morgan fingerprint density at radius 3 is 2.06 bits per heavy atom. The van der Waals surface area contributed by atoms with Crippen LogP contribution in [0.5, 0.6) is 11.5 Å². The number of halogens is 2. The molecule has 0 atom stereocenters. The van der Waals surface area contributed by atoms with Crippen molar-refractivity contribution in [2.75, 3.05) is 14.2 Å². The molecule has 0 fully saturated rings. The lowest BCUT2D eigenvalue weighted by Crippen LogP contribution is -2.26. The molecule has 0 unspecified atom stereocenters. The number of hydrogen-bond donors (Lipinski definition) is 0. The Labute approximate surface area is 201 Å². The summed E-state index contributed by atoms with van der Waals surface area (Å²) in [5.41, 5.74) is 2.22. The van der Waals surface area contributed by atoms with Gasteiger partial charge in [0.2, 0.25) is 0 Å². The third-order valence-corrected chi connectivity index (χ3v) is 5.42. The van der Waals surface area contributed by atoms with Crippen LogP contribution in [-0.4, -0.2) is 23.8 Å². The summed E-state index contributed by atoms with van der Waals surface area (Å²) in [4.78, 5) is 17.8. The molecule has 0 radical (unpaired) electrons. The summed E-state index contributed by atoms with van der Waals surface area (Å²) < 4.78 is 25.2. The maximum absolute atomic E-state index is 13.5. The van der Waals surface area contributed by atoms with Gasteiger partial charge in [0.25, 0.3) is 5.56 Å². The minimum atomic E-state index is -0.388. The Balaban J connectivity index is 1.84. The fraction of sp³-hybridized carbons (Fsp3) is 0.111. The van der Waals surface area contributed by atoms with Gasteiger partial charge in [-0.1, -0.05) is 29.7 Å². The molecule has 1 aromatic heterocycles. The number of ether oxygens (including phenoxy) is 2. The van der Waals surface area contributed by atoms with Gasteiger partial charge in [-0.05, 0) is 72.1 Å². The van der Waals surface area contributed by atoms with Crippen molar-refractivity contribution in [3.05, 3.63) is 111 Å². The number of methoxy groups -OCH3 is 2. The van der Waals surface area contributed by atoms with Crippen LogP contribution in [0.15, 0.2) is 77.6 Å². The molecule has 4 rings (SSSR count). The van der Waals surface area contributed by atoms with Crippen LogP contribution in [0.4, 0.5) is 4.39 Å². The standard InChI is InChI=1S/C27H20ClFN2O3/c1-33-22-12-5-19(6-13-22)17-31-25(20-8-14-23(34-2)15-9-20)26(28)30-24(27(31)32)16-7-18-3-10-21(29)11-4-18/h3-6,8-15H,17H2,1-2H3. The number of benzene rings is 3. The number of aromatic nitrogens is 2. The largest absolute Gasteiger partial charge is 0.497 e. The van der Waals surface area contributed by atoms with Crippen LogP contribution in [0.2, 0.25) is 5.15 Å². The van der Waals surface area contributed by atoms with Crippen molar-refractivity contribution in [2.45, 2.75) is 6.54 Å². The minimum absolute atomic E-state index is 0.0000911. The lowest BCUT2D eigenvalue weighted by atomic mass is 10.1. The van der Waals surface area contributed by atoms with E-state index in [1.165, 1.54) is 24.3 Å². The molecule has 170 valence electrons. The minimum Gasteiger partial charge on any atom is -0.497 e. The van der Waals surface area contributed by atoms with E-state index in [9.17, 15) is 9.18 Å². The van der Waals surface area contributed by atoms with Crippen molar-refractivity contribution in [1.82, 2.24) is 9.55 Å². The first kappa shape index (κ1) is 23.1. The Morgan fingerprint density at radius 2 is 1.47 bits per heavy atom. The lowest BCUT2D eigenvalue weighted by Gasteiger charge is -2.15. The number of rotatable bonds is 5. The summed E-state index contributed by atoms with van der Waals surface area (Å²) >= 11 is 6.59. The molecule has 0 aliphatic rings. The molecule has 34 heavy (non-hydrogen) atoms. The highest BCUT2D eigenvalue weighted by molar-refractivity contribution is 6.31.